The Labute approximate surface area is 75.9 Å². The lowest BCUT2D eigenvalue weighted by Crippen LogP contribution is -1.83. The summed E-state index contributed by atoms with van der Waals surface area (Å²) >= 11 is 0. The Morgan fingerprint density at radius 1 is 1.08 bits per heavy atom. The van der Waals surface area contributed by atoms with Crippen LogP contribution in [0.3, 0.4) is 0 Å². The molecule has 0 aliphatic carbocycles. The maximum atomic E-state index is 5.20. The van der Waals surface area contributed by atoms with Crippen LogP contribution in [0.1, 0.15) is 0 Å². The molecular weight excluding hydrogens is 168 g/mol. The second-order valence-electron chi connectivity index (χ2n) is 2.65. The van der Waals surface area contributed by atoms with Gasteiger partial charge in [-0.15, -0.1) is 0 Å². The molecule has 1 aromatic heterocycles. The summed E-state index contributed by atoms with van der Waals surface area (Å²) in [5, 5.41) is 1.86. The van der Waals surface area contributed by atoms with Gasteiger partial charge in [-0.2, -0.15) is 0 Å². The molecule has 0 spiro atoms. The molecule has 0 bridgehead atoms. The summed E-state index contributed by atoms with van der Waals surface area (Å²) in [4.78, 5) is 0. The number of benzene rings is 1. The lowest BCUT2D eigenvalue weighted by Gasteiger charge is -1.99. The van der Waals surface area contributed by atoms with Gasteiger partial charge in [-0.05, 0) is 12.1 Å². The molecule has 0 aliphatic rings. The zero-order valence-corrected chi connectivity index (χ0v) is 7.53. The first kappa shape index (κ1) is 7.98. The molecule has 3 heteroatoms. The van der Waals surface area contributed by atoms with E-state index in [1.807, 2.05) is 18.2 Å². The average Bonchev–Trinajstić information content (AvgIpc) is 2.60. The summed E-state index contributed by atoms with van der Waals surface area (Å²) in [6.45, 7) is 0. The lowest BCUT2D eigenvalue weighted by molar-refractivity contribution is 0.309. The van der Waals surface area contributed by atoms with Crippen molar-refractivity contribution in [3.05, 3.63) is 24.5 Å². The Kier molecular flexibility index (Phi) is 1.85. The van der Waals surface area contributed by atoms with E-state index in [0.29, 0.717) is 5.95 Å². The summed E-state index contributed by atoms with van der Waals surface area (Å²) in [5.41, 5.74) is 0. The molecule has 2 aromatic rings. The van der Waals surface area contributed by atoms with E-state index in [2.05, 4.69) is 0 Å². The molecule has 0 fully saturated rings. The molecule has 0 saturated carbocycles. The Bertz CT molecular complexity index is 417. The summed E-state index contributed by atoms with van der Waals surface area (Å²) in [7, 11) is 3.21. The molecule has 0 N–H and O–H groups in total. The number of methoxy groups -OCH3 is 2. The van der Waals surface area contributed by atoms with Crippen LogP contribution in [0.25, 0.3) is 10.8 Å². The van der Waals surface area contributed by atoms with E-state index in [1.54, 1.807) is 20.5 Å². The molecular formula is C10H10O3. The first-order chi connectivity index (χ1) is 6.36. The molecule has 0 amide bonds. The van der Waals surface area contributed by atoms with Crippen molar-refractivity contribution in [1.29, 1.82) is 0 Å². The fourth-order valence-corrected chi connectivity index (χ4v) is 1.36. The maximum Gasteiger partial charge on any atom is 0.292 e. The maximum absolute atomic E-state index is 5.20. The molecule has 1 heterocycles. The summed E-state index contributed by atoms with van der Waals surface area (Å²) < 4.78 is 15.4. The summed E-state index contributed by atoms with van der Waals surface area (Å²) in [6, 6.07) is 5.72. The van der Waals surface area contributed by atoms with Crippen LogP contribution in [0.15, 0.2) is 28.9 Å². The average molecular weight is 178 g/mol. The monoisotopic (exact) mass is 178 g/mol. The van der Waals surface area contributed by atoms with Crippen molar-refractivity contribution in [2.24, 2.45) is 0 Å². The zero-order chi connectivity index (χ0) is 9.26. The van der Waals surface area contributed by atoms with Crippen molar-refractivity contribution < 1.29 is 13.9 Å². The molecule has 13 heavy (non-hydrogen) atoms. The predicted molar refractivity (Wildman–Crippen MR) is 49.3 cm³/mol. The van der Waals surface area contributed by atoms with E-state index in [9.17, 15) is 0 Å². The van der Waals surface area contributed by atoms with E-state index in [4.69, 9.17) is 13.9 Å². The van der Waals surface area contributed by atoms with Crippen molar-refractivity contribution in [2.75, 3.05) is 14.2 Å². The zero-order valence-electron chi connectivity index (χ0n) is 7.53. The molecule has 0 unspecified atom stereocenters. The number of furan rings is 1. The Morgan fingerprint density at radius 2 is 1.92 bits per heavy atom. The van der Waals surface area contributed by atoms with Crippen molar-refractivity contribution in [3.63, 3.8) is 0 Å². The van der Waals surface area contributed by atoms with E-state index in [-0.39, 0.29) is 0 Å². The van der Waals surface area contributed by atoms with Gasteiger partial charge >= 0.3 is 0 Å². The highest BCUT2D eigenvalue weighted by Crippen LogP contribution is 2.33. The van der Waals surface area contributed by atoms with Crippen LogP contribution in [0.4, 0.5) is 0 Å². The fraction of sp³-hybridized carbons (Fsp3) is 0.200. The Balaban J connectivity index is 2.72. The molecule has 68 valence electrons. The number of ether oxygens (including phenoxy) is 2. The van der Waals surface area contributed by atoms with Crippen molar-refractivity contribution in [1.82, 2.24) is 0 Å². The minimum atomic E-state index is 0.522. The van der Waals surface area contributed by atoms with Gasteiger partial charge in [-0.1, -0.05) is 6.07 Å². The van der Waals surface area contributed by atoms with Gasteiger partial charge in [0.2, 0.25) is 0 Å². The Morgan fingerprint density at radius 3 is 2.62 bits per heavy atom. The third-order valence-corrected chi connectivity index (χ3v) is 1.98. The summed E-state index contributed by atoms with van der Waals surface area (Å²) in [6.07, 6.45) is 1.63. The molecule has 2 rings (SSSR count). The second-order valence-corrected chi connectivity index (χ2v) is 2.65. The van der Waals surface area contributed by atoms with Gasteiger partial charge in [-0.25, -0.2) is 0 Å². The van der Waals surface area contributed by atoms with Gasteiger partial charge < -0.3 is 13.9 Å². The van der Waals surface area contributed by atoms with Gasteiger partial charge in [0.1, 0.15) is 12.0 Å². The number of rotatable bonds is 2. The first-order valence-electron chi connectivity index (χ1n) is 3.95. The standard InChI is InChI=1S/C10H10O3/c1-11-9-5-3-4-7-8(9)6-13-10(7)12-2/h3-6H,1-2H3. The fourth-order valence-electron chi connectivity index (χ4n) is 1.36. The third kappa shape index (κ3) is 1.13. The second kappa shape index (κ2) is 3.01. The van der Waals surface area contributed by atoms with Crippen LogP contribution in [-0.4, -0.2) is 14.2 Å². The van der Waals surface area contributed by atoms with Crippen LogP contribution in [-0.2, 0) is 0 Å². The van der Waals surface area contributed by atoms with Crippen LogP contribution in [0.5, 0.6) is 11.7 Å². The SMILES string of the molecule is COc1cccc2c(OC)occ12. The number of hydrogen-bond donors (Lipinski definition) is 0. The van der Waals surface area contributed by atoms with Crippen LogP contribution in [0, 0.1) is 0 Å². The Hall–Kier alpha value is -1.64. The molecule has 1 aromatic carbocycles. The highest BCUT2D eigenvalue weighted by atomic mass is 16.6. The number of fused-ring (bicyclic) bond motifs is 1. The van der Waals surface area contributed by atoms with E-state index in [1.165, 1.54) is 0 Å². The van der Waals surface area contributed by atoms with Gasteiger partial charge in [0.25, 0.3) is 5.95 Å². The van der Waals surface area contributed by atoms with Crippen LogP contribution in [0.2, 0.25) is 0 Å². The van der Waals surface area contributed by atoms with Gasteiger partial charge in [0, 0.05) is 0 Å². The van der Waals surface area contributed by atoms with Crippen LogP contribution < -0.4 is 9.47 Å². The minimum absolute atomic E-state index is 0.522. The molecule has 0 saturated heterocycles. The van der Waals surface area contributed by atoms with Gasteiger partial charge in [0.15, 0.2) is 0 Å². The van der Waals surface area contributed by atoms with Crippen molar-refractivity contribution in [2.45, 2.75) is 0 Å². The van der Waals surface area contributed by atoms with Gasteiger partial charge in [0.05, 0.1) is 25.0 Å². The highest BCUT2D eigenvalue weighted by molar-refractivity contribution is 5.91. The minimum Gasteiger partial charge on any atom is -0.496 e. The van der Waals surface area contributed by atoms with E-state index >= 15 is 0 Å². The summed E-state index contributed by atoms with van der Waals surface area (Å²) in [5.74, 6) is 1.32. The smallest absolute Gasteiger partial charge is 0.292 e. The topological polar surface area (TPSA) is 31.6 Å². The quantitative estimate of drug-likeness (QED) is 0.707. The highest BCUT2D eigenvalue weighted by Gasteiger charge is 2.09. The number of hydrogen-bond acceptors (Lipinski definition) is 3. The first-order valence-corrected chi connectivity index (χ1v) is 3.95. The van der Waals surface area contributed by atoms with E-state index in [0.717, 1.165) is 16.5 Å². The molecule has 0 aliphatic heterocycles. The molecule has 0 radical (unpaired) electrons. The van der Waals surface area contributed by atoms with Crippen molar-refractivity contribution in [3.8, 4) is 11.7 Å². The molecule has 0 atom stereocenters. The lowest BCUT2D eigenvalue weighted by atomic mass is 10.2. The third-order valence-electron chi connectivity index (χ3n) is 1.98. The van der Waals surface area contributed by atoms with E-state index < -0.39 is 0 Å². The molecule has 3 nitrogen and oxygen atoms in total. The van der Waals surface area contributed by atoms with Gasteiger partial charge in [-0.3, -0.25) is 0 Å². The van der Waals surface area contributed by atoms with Crippen molar-refractivity contribution >= 4 is 10.8 Å². The predicted octanol–water partition coefficient (Wildman–Crippen LogP) is 2.45. The van der Waals surface area contributed by atoms with Crippen LogP contribution >= 0.6 is 0 Å². The normalized spacial score (nSPS) is 10.3. The largest absolute Gasteiger partial charge is 0.496 e.